The van der Waals surface area contributed by atoms with Gasteiger partial charge in [-0.05, 0) is 74.6 Å². The summed E-state index contributed by atoms with van der Waals surface area (Å²) in [5.74, 6) is 0.161. The van der Waals surface area contributed by atoms with Gasteiger partial charge in [-0.15, -0.1) is 0 Å². The Morgan fingerprint density at radius 1 is 1.09 bits per heavy atom. The zero-order chi connectivity index (χ0) is 24.5. The zero-order valence-corrected chi connectivity index (χ0v) is 21.5. The van der Waals surface area contributed by atoms with E-state index in [0.717, 1.165) is 26.9 Å². The first kappa shape index (κ1) is 24.4. The molecule has 1 saturated heterocycles. The number of nitrogens with zero attached hydrogens (tertiary/aromatic N) is 2. The molecule has 0 bridgehead atoms. The molecular weight excluding hydrogens is 500 g/mol. The lowest BCUT2D eigenvalue weighted by Crippen LogP contribution is -2.55. The Labute approximate surface area is 208 Å². The van der Waals surface area contributed by atoms with Crippen LogP contribution in [0.25, 0.3) is 5.57 Å². The molecule has 1 amide bonds. The molecule has 0 saturated carbocycles. The van der Waals surface area contributed by atoms with E-state index in [2.05, 4.69) is 15.9 Å². The Kier molecular flexibility index (Phi) is 7.12. The molecule has 7 nitrogen and oxygen atoms in total. The van der Waals surface area contributed by atoms with Gasteiger partial charge in [0.05, 0.1) is 19.3 Å². The van der Waals surface area contributed by atoms with Crippen LogP contribution in [0, 0.1) is 13.8 Å². The van der Waals surface area contributed by atoms with Crippen molar-refractivity contribution in [2.75, 3.05) is 31.7 Å². The van der Waals surface area contributed by atoms with Crippen molar-refractivity contribution in [1.29, 1.82) is 0 Å². The molecule has 0 atom stereocenters. The van der Waals surface area contributed by atoms with Crippen molar-refractivity contribution < 1.29 is 23.9 Å². The number of rotatable bonds is 5. The molecule has 2 aliphatic heterocycles. The van der Waals surface area contributed by atoms with E-state index in [0.29, 0.717) is 37.3 Å². The summed E-state index contributed by atoms with van der Waals surface area (Å²) in [4.78, 5) is 34.1. The maximum atomic E-state index is 14.2. The van der Waals surface area contributed by atoms with Gasteiger partial charge in [-0.25, -0.2) is 4.79 Å². The first-order valence-corrected chi connectivity index (χ1v) is 12.2. The lowest BCUT2D eigenvalue weighted by Gasteiger charge is -2.44. The van der Waals surface area contributed by atoms with Gasteiger partial charge in [0.2, 0.25) is 0 Å². The second-order valence-corrected chi connectivity index (χ2v) is 9.44. The van der Waals surface area contributed by atoms with Gasteiger partial charge in [-0.2, -0.15) is 5.06 Å². The van der Waals surface area contributed by atoms with Crippen molar-refractivity contribution in [3.8, 4) is 0 Å². The number of piperidine rings is 1. The number of amides is 1. The predicted octanol–water partition coefficient (Wildman–Crippen LogP) is 5.39. The number of hydrogen-bond acceptors (Lipinski definition) is 6. The fraction of sp³-hybridized carbons (Fsp3) is 0.385. The molecule has 2 aromatic carbocycles. The molecule has 8 heteroatoms. The maximum Gasteiger partial charge on any atom is 0.513 e. The molecule has 0 radical (unpaired) electrons. The summed E-state index contributed by atoms with van der Waals surface area (Å²) in [5.41, 5.74) is 2.93. The molecule has 0 unspecified atom stereocenters. The van der Waals surface area contributed by atoms with E-state index in [4.69, 9.17) is 14.3 Å². The van der Waals surface area contributed by atoms with Crippen LogP contribution in [0.3, 0.4) is 0 Å². The zero-order valence-electron chi connectivity index (χ0n) is 19.9. The number of aryl methyl sites for hydroxylation is 2. The molecule has 2 aromatic rings. The molecule has 34 heavy (non-hydrogen) atoms. The van der Waals surface area contributed by atoms with E-state index in [1.54, 1.807) is 18.9 Å². The molecule has 1 fully saturated rings. The van der Waals surface area contributed by atoms with Crippen molar-refractivity contribution in [1.82, 2.24) is 5.06 Å². The van der Waals surface area contributed by atoms with Crippen molar-refractivity contribution >= 4 is 39.3 Å². The fourth-order valence-electron chi connectivity index (χ4n) is 5.07. The normalized spacial score (nSPS) is 18.0. The number of ether oxygens (including phenoxy) is 2. The quantitative estimate of drug-likeness (QED) is 0.484. The van der Waals surface area contributed by atoms with E-state index < -0.39 is 11.7 Å². The Hall–Kier alpha value is -2.68. The fourth-order valence-corrected chi connectivity index (χ4v) is 5.76. The first-order chi connectivity index (χ1) is 16.3. The van der Waals surface area contributed by atoms with Crippen LogP contribution in [-0.2, 0) is 19.1 Å². The number of halogens is 1. The first-order valence-electron chi connectivity index (χ1n) is 11.4. The van der Waals surface area contributed by atoms with Gasteiger partial charge < -0.3 is 14.3 Å². The average molecular weight is 529 g/mol. The molecule has 2 heterocycles. The summed E-state index contributed by atoms with van der Waals surface area (Å²) >= 11 is 3.54. The van der Waals surface area contributed by atoms with Crippen molar-refractivity contribution in [3.63, 3.8) is 0 Å². The van der Waals surface area contributed by atoms with Crippen LogP contribution >= 0.6 is 15.9 Å². The monoisotopic (exact) mass is 528 g/mol. The molecule has 0 N–H and O–H groups in total. The molecule has 2 aliphatic rings. The third-order valence-corrected chi connectivity index (χ3v) is 6.97. The third-order valence-electron chi connectivity index (χ3n) is 6.51. The lowest BCUT2D eigenvalue weighted by molar-refractivity contribution is -0.150. The Bertz CT molecular complexity index is 1100. The maximum absolute atomic E-state index is 14.2. The molecule has 0 aliphatic carbocycles. The predicted molar refractivity (Wildman–Crippen MR) is 133 cm³/mol. The van der Waals surface area contributed by atoms with Crippen molar-refractivity contribution in [2.24, 2.45) is 0 Å². The smallest absolute Gasteiger partial charge is 0.434 e. The minimum absolute atomic E-state index is 0.179. The Morgan fingerprint density at radius 3 is 2.26 bits per heavy atom. The number of anilines is 1. The van der Waals surface area contributed by atoms with Crippen LogP contribution in [0.2, 0.25) is 0 Å². The SMILES string of the molecule is CCOC(=O)OC1=C(c2c(C)cc(Br)cc2C)C(=O)N(c2ccccc2)C12CCN(OC)CC2. The van der Waals surface area contributed by atoms with Gasteiger partial charge in [0.15, 0.2) is 5.76 Å². The van der Waals surface area contributed by atoms with E-state index in [9.17, 15) is 9.59 Å². The van der Waals surface area contributed by atoms with Crippen LogP contribution in [-0.4, -0.2) is 49.5 Å². The summed E-state index contributed by atoms with van der Waals surface area (Å²) in [6.45, 7) is 6.98. The van der Waals surface area contributed by atoms with Crippen LogP contribution in [0.15, 0.2) is 52.7 Å². The lowest BCUT2D eigenvalue weighted by atomic mass is 9.84. The van der Waals surface area contributed by atoms with Gasteiger partial charge in [-0.1, -0.05) is 34.1 Å². The number of para-hydroxylation sites is 1. The van der Waals surface area contributed by atoms with Gasteiger partial charge in [-0.3, -0.25) is 9.69 Å². The van der Waals surface area contributed by atoms with Gasteiger partial charge >= 0.3 is 6.16 Å². The van der Waals surface area contributed by atoms with E-state index in [1.807, 2.05) is 61.4 Å². The highest BCUT2D eigenvalue weighted by Gasteiger charge is 2.56. The minimum atomic E-state index is -0.846. The molecule has 0 aromatic heterocycles. The topological polar surface area (TPSA) is 68.3 Å². The highest BCUT2D eigenvalue weighted by molar-refractivity contribution is 9.10. The van der Waals surface area contributed by atoms with Crippen LogP contribution < -0.4 is 4.90 Å². The number of hydroxylamine groups is 2. The molecule has 4 rings (SSSR count). The summed E-state index contributed by atoms with van der Waals surface area (Å²) in [6.07, 6.45) is 0.265. The number of carbonyl (C=O) groups excluding carboxylic acids is 2. The van der Waals surface area contributed by atoms with E-state index in [1.165, 1.54) is 0 Å². The standard InChI is InChI=1S/C26H29BrN2O5/c1-5-33-25(31)34-23-22(21-17(2)15-19(27)16-18(21)3)24(30)29(20-9-7-6-8-10-20)26(23)11-13-28(32-4)14-12-26/h6-10,15-16H,5,11-14H2,1-4H3. The van der Waals surface area contributed by atoms with Crippen LogP contribution in [0.1, 0.15) is 36.5 Å². The van der Waals surface area contributed by atoms with E-state index >= 15 is 0 Å². The highest BCUT2D eigenvalue weighted by Crippen LogP contribution is 2.50. The molecule has 180 valence electrons. The largest absolute Gasteiger partial charge is 0.513 e. The van der Waals surface area contributed by atoms with Gasteiger partial charge in [0.1, 0.15) is 5.54 Å². The summed E-state index contributed by atoms with van der Waals surface area (Å²) in [6, 6.07) is 13.5. The molecule has 1 spiro atoms. The van der Waals surface area contributed by atoms with Crippen molar-refractivity contribution in [3.05, 3.63) is 69.4 Å². The number of hydrogen-bond donors (Lipinski definition) is 0. The summed E-state index contributed by atoms with van der Waals surface area (Å²) < 4.78 is 12.0. The Balaban J connectivity index is 1.97. The summed E-state index contributed by atoms with van der Waals surface area (Å²) in [5, 5.41) is 1.86. The van der Waals surface area contributed by atoms with Gasteiger partial charge in [0, 0.05) is 23.2 Å². The minimum Gasteiger partial charge on any atom is -0.434 e. The van der Waals surface area contributed by atoms with Crippen molar-refractivity contribution in [2.45, 2.75) is 39.2 Å². The number of carbonyl (C=O) groups is 2. The second kappa shape index (κ2) is 9.90. The van der Waals surface area contributed by atoms with E-state index in [-0.39, 0.29) is 12.5 Å². The third kappa shape index (κ3) is 4.26. The highest BCUT2D eigenvalue weighted by atomic mass is 79.9. The van der Waals surface area contributed by atoms with Crippen LogP contribution in [0.4, 0.5) is 10.5 Å². The average Bonchev–Trinajstić information content (AvgIpc) is 3.02. The Morgan fingerprint density at radius 2 is 1.71 bits per heavy atom. The molecular formula is C26H29BrN2O5. The number of benzene rings is 2. The second-order valence-electron chi connectivity index (χ2n) is 8.52. The van der Waals surface area contributed by atoms with Crippen LogP contribution in [0.5, 0.6) is 0 Å². The summed E-state index contributed by atoms with van der Waals surface area (Å²) in [7, 11) is 1.64. The van der Waals surface area contributed by atoms with Gasteiger partial charge in [0.25, 0.3) is 5.91 Å².